The number of hydrogen-bond acceptors (Lipinski definition) is 3. The Balaban J connectivity index is 1.78. The minimum absolute atomic E-state index is 0.000564. The van der Waals surface area contributed by atoms with Gasteiger partial charge in [0.05, 0.1) is 0 Å². The van der Waals surface area contributed by atoms with Gasteiger partial charge in [-0.3, -0.25) is 4.79 Å². The van der Waals surface area contributed by atoms with Crippen molar-refractivity contribution in [2.45, 2.75) is 22.6 Å². The third-order valence-electron chi connectivity index (χ3n) is 4.85. The van der Waals surface area contributed by atoms with Crippen LogP contribution in [0.4, 0.5) is 0 Å². The molecule has 2 N–H and O–H groups in total. The number of nitrogens with two attached hydrogens (primary N) is 1. The van der Waals surface area contributed by atoms with Crippen LogP contribution >= 0.6 is 23.4 Å². The number of benzene rings is 2. The summed E-state index contributed by atoms with van der Waals surface area (Å²) in [4.78, 5) is 13.7. The highest BCUT2D eigenvalue weighted by Gasteiger charge is 2.50. The predicted molar refractivity (Wildman–Crippen MR) is 104 cm³/mol. The normalized spacial score (nSPS) is 25.4. The number of halogens is 1. The lowest BCUT2D eigenvalue weighted by atomic mass is 9.85. The second-order valence-electron chi connectivity index (χ2n) is 6.36. The third kappa shape index (κ3) is 2.88. The molecule has 0 saturated carbocycles. The summed E-state index contributed by atoms with van der Waals surface area (Å²) >= 11 is 8.02. The van der Waals surface area contributed by atoms with Crippen molar-refractivity contribution in [3.05, 3.63) is 83.6 Å². The number of carbonyl (C=O) groups is 1. The van der Waals surface area contributed by atoms with Gasteiger partial charge in [0.25, 0.3) is 0 Å². The Bertz CT molecular complexity index is 756. The first-order chi connectivity index (χ1) is 12.2. The van der Waals surface area contributed by atoms with Crippen LogP contribution in [-0.4, -0.2) is 33.4 Å². The minimum Gasteiger partial charge on any atom is -0.317 e. The van der Waals surface area contributed by atoms with Crippen LogP contribution in [-0.2, 0) is 4.79 Å². The Morgan fingerprint density at radius 2 is 1.60 bits per heavy atom. The van der Waals surface area contributed by atoms with Gasteiger partial charge in [-0.05, 0) is 16.7 Å². The topological polar surface area (TPSA) is 46.3 Å². The summed E-state index contributed by atoms with van der Waals surface area (Å²) in [6.45, 7) is 0. The standard InChI is InChI=1S/C20H19ClN2OS/c21-11-15-12-23-19(24)17(22)20(23)25-18(15)16(13-7-3-1-4-8-13)14-9-5-2-6-10-14/h1-10,12,16-18,20H,11,22H2/t17?,18?,20-/m1/s1. The Kier molecular flexibility index (Phi) is 4.59. The van der Waals surface area contributed by atoms with Gasteiger partial charge in [-0.15, -0.1) is 23.4 Å². The first-order valence-corrected chi connectivity index (χ1v) is 9.78. The van der Waals surface area contributed by atoms with Crippen molar-refractivity contribution in [3.63, 3.8) is 0 Å². The Labute approximate surface area is 156 Å². The van der Waals surface area contributed by atoms with Crippen molar-refractivity contribution >= 4 is 29.3 Å². The van der Waals surface area contributed by atoms with E-state index >= 15 is 0 Å². The molecule has 128 valence electrons. The fourth-order valence-electron chi connectivity index (χ4n) is 3.55. The van der Waals surface area contributed by atoms with Crippen molar-refractivity contribution in [2.75, 3.05) is 5.88 Å². The van der Waals surface area contributed by atoms with Crippen molar-refractivity contribution in [3.8, 4) is 0 Å². The van der Waals surface area contributed by atoms with Gasteiger partial charge in [-0.1, -0.05) is 60.7 Å². The lowest BCUT2D eigenvalue weighted by Gasteiger charge is -2.49. The molecule has 0 spiro atoms. The monoisotopic (exact) mass is 370 g/mol. The smallest absolute Gasteiger partial charge is 0.247 e. The van der Waals surface area contributed by atoms with E-state index in [1.54, 1.807) is 16.7 Å². The average molecular weight is 371 g/mol. The SMILES string of the molecule is NC1C(=O)N2C=C(CCl)C(C(c3ccccc3)c3ccccc3)S[C@H]12. The largest absolute Gasteiger partial charge is 0.317 e. The van der Waals surface area contributed by atoms with Crippen LogP contribution < -0.4 is 5.73 Å². The van der Waals surface area contributed by atoms with Crippen LogP contribution in [0.2, 0.25) is 0 Å². The van der Waals surface area contributed by atoms with E-state index in [1.165, 1.54) is 11.1 Å². The molecule has 3 atom stereocenters. The fourth-order valence-corrected chi connectivity index (χ4v) is 5.55. The van der Waals surface area contributed by atoms with Gasteiger partial charge >= 0.3 is 0 Å². The van der Waals surface area contributed by atoms with Gasteiger partial charge in [0, 0.05) is 23.2 Å². The molecule has 2 unspecified atom stereocenters. The van der Waals surface area contributed by atoms with Crippen LogP contribution in [0, 0.1) is 0 Å². The number of carbonyl (C=O) groups excluding carboxylic acids is 1. The van der Waals surface area contributed by atoms with Gasteiger partial charge in [0.2, 0.25) is 5.91 Å². The average Bonchev–Trinajstić information content (AvgIpc) is 2.69. The molecule has 2 aliphatic heterocycles. The van der Waals surface area contributed by atoms with Crippen LogP contribution in [0.25, 0.3) is 0 Å². The van der Waals surface area contributed by atoms with E-state index in [9.17, 15) is 4.79 Å². The van der Waals surface area contributed by atoms with Crippen LogP contribution in [0.15, 0.2) is 72.4 Å². The van der Waals surface area contributed by atoms with Crippen LogP contribution in [0.3, 0.4) is 0 Å². The minimum atomic E-state index is -0.423. The maximum Gasteiger partial charge on any atom is 0.247 e. The molecule has 5 heteroatoms. The summed E-state index contributed by atoms with van der Waals surface area (Å²) in [5.41, 5.74) is 9.59. The lowest BCUT2D eigenvalue weighted by molar-refractivity contribution is -0.140. The van der Waals surface area contributed by atoms with E-state index < -0.39 is 6.04 Å². The van der Waals surface area contributed by atoms with E-state index in [-0.39, 0.29) is 22.4 Å². The molecule has 0 aliphatic carbocycles. The molecule has 2 aromatic carbocycles. The molecule has 1 saturated heterocycles. The first kappa shape index (κ1) is 16.7. The van der Waals surface area contributed by atoms with Crippen molar-refractivity contribution < 1.29 is 4.79 Å². The zero-order valence-electron chi connectivity index (χ0n) is 13.6. The van der Waals surface area contributed by atoms with E-state index in [0.717, 1.165) is 5.57 Å². The summed E-state index contributed by atoms with van der Waals surface area (Å²) in [7, 11) is 0. The number of alkyl halides is 1. The molecule has 2 heterocycles. The predicted octanol–water partition coefficient (Wildman–Crippen LogP) is 3.55. The number of rotatable bonds is 4. The summed E-state index contributed by atoms with van der Waals surface area (Å²) < 4.78 is 0. The Hall–Kier alpha value is -1.75. The molecular weight excluding hydrogens is 352 g/mol. The number of fused-ring (bicyclic) bond motifs is 1. The van der Waals surface area contributed by atoms with Crippen molar-refractivity contribution in [1.29, 1.82) is 0 Å². The Morgan fingerprint density at radius 1 is 1.04 bits per heavy atom. The maximum absolute atomic E-state index is 12.0. The lowest BCUT2D eigenvalue weighted by Crippen LogP contribution is -2.66. The van der Waals surface area contributed by atoms with E-state index in [1.807, 2.05) is 18.3 Å². The molecule has 2 aliphatic rings. The maximum atomic E-state index is 12.0. The summed E-state index contributed by atoms with van der Waals surface area (Å²) in [6, 6.07) is 20.5. The molecule has 4 rings (SSSR count). The number of amides is 1. The number of nitrogens with zero attached hydrogens (tertiary/aromatic N) is 1. The molecule has 1 amide bonds. The molecule has 2 aromatic rings. The quantitative estimate of drug-likeness (QED) is 0.661. The van der Waals surface area contributed by atoms with Crippen LogP contribution in [0.1, 0.15) is 17.0 Å². The first-order valence-electron chi connectivity index (χ1n) is 8.30. The molecule has 0 aromatic heterocycles. The van der Waals surface area contributed by atoms with Crippen LogP contribution in [0.5, 0.6) is 0 Å². The highest BCUT2D eigenvalue weighted by Crippen LogP contribution is 2.47. The second kappa shape index (κ2) is 6.87. The number of β-lactam (4-membered cyclic amide) rings is 1. The van der Waals surface area contributed by atoms with E-state index in [4.69, 9.17) is 17.3 Å². The molecule has 3 nitrogen and oxygen atoms in total. The summed E-state index contributed by atoms with van der Waals surface area (Å²) in [5, 5.41) is 0.155. The highest BCUT2D eigenvalue weighted by atomic mass is 35.5. The van der Waals surface area contributed by atoms with E-state index in [0.29, 0.717) is 5.88 Å². The van der Waals surface area contributed by atoms with Gasteiger partial charge in [-0.2, -0.15) is 0 Å². The van der Waals surface area contributed by atoms with Crippen molar-refractivity contribution in [2.24, 2.45) is 5.73 Å². The summed E-state index contributed by atoms with van der Waals surface area (Å²) in [5.74, 6) is 0.552. The summed E-state index contributed by atoms with van der Waals surface area (Å²) in [6.07, 6.45) is 1.92. The fraction of sp³-hybridized carbons (Fsp3) is 0.250. The number of thioether (sulfide) groups is 1. The van der Waals surface area contributed by atoms with Gasteiger partial charge in [0.1, 0.15) is 11.4 Å². The molecule has 25 heavy (non-hydrogen) atoms. The molecule has 0 bridgehead atoms. The van der Waals surface area contributed by atoms with Gasteiger partial charge < -0.3 is 10.6 Å². The van der Waals surface area contributed by atoms with Gasteiger partial charge in [0.15, 0.2) is 0 Å². The molecule has 0 radical (unpaired) electrons. The third-order valence-corrected chi connectivity index (χ3v) is 6.83. The zero-order valence-corrected chi connectivity index (χ0v) is 15.2. The van der Waals surface area contributed by atoms with Crippen molar-refractivity contribution in [1.82, 2.24) is 4.90 Å². The molecular formula is C20H19ClN2OS. The highest BCUT2D eigenvalue weighted by molar-refractivity contribution is 8.01. The van der Waals surface area contributed by atoms with Gasteiger partial charge in [-0.25, -0.2) is 0 Å². The second-order valence-corrected chi connectivity index (χ2v) is 7.89. The van der Waals surface area contributed by atoms with E-state index in [2.05, 4.69) is 48.5 Å². The zero-order chi connectivity index (χ0) is 17.4. The molecule has 1 fully saturated rings. The Morgan fingerprint density at radius 3 is 2.12 bits per heavy atom. The number of hydrogen-bond donors (Lipinski definition) is 1.